The van der Waals surface area contributed by atoms with Gasteiger partial charge < -0.3 is 11.1 Å². The molecule has 0 aliphatic heterocycles. The zero-order valence-corrected chi connectivity index (χ0v) is 15.3. The number of nitrogens with two attached hydrogens (primary N) is 1. The number of hydrogen-bond donors (Lipinski definition) is 2. The van der Waals surface area contributed by atoms with Crippen LogP contribution in [0.25, 0.3) is 5.69 Å². The first-order valence-corrected chi connectivity index (χ1v) is 8.80. The molecule has 0 radical (unpaired) electrons. The molecule has 1 amide bonds. The van der Waals surface area contributed by atoms with Gasteiger partial charge in [0.15, 0.2) is 0 Å². The Hall–Kier alpha value is -3.22. The smallest absolute Gasteiger partial charge is 0.290 e. The third-order valence-corrected chi connectivity index (χ3v) is 4.11. The second kappa shape index (κ2) is 7.99. The van der Waals surface area contributed by atoms with Gasteiger partial charge in [-0.3, -0.25) is 4.79 Å². The maximum atomic E-state index is 14.1. The molecule has 0 aliphatic rings. The summed E-state index contributed by atoms with van der Waals surface area (Å²) >= 11 is 0. The predicted molar refractivity (Wildman–Crippen MR) is 102 cm³/mol. The second-order valence-electron chi connectivity index (χ2n) is 6.56. The van der Waals surface area contributed by atoms with Gasteiger partial charge in [0.2, 0.25) is 5.82 Å². The van der Waals surface area contributed by atoms with Crippen molar-refractivity contribution in [3.8, 4) is 5.69 Å². The van der Waals surface area contributed by atoms with Crippen molar-refractivity contribution >= 4 is 11.6 Å². The van der Waals surface area contributed by atoms with E-state index in [4.69, 9.17) is 5.73 Å². The van der Waals surface area contributed by atoms with Gasteiger partial charge in [-0.05, 0) is 36.2 Å². The number of para-hydroxylation sites is 1. The zero-order valence-electron chi connectivity index (χ0n) is 15.3. The number of carbonyl (C=O) groups excluding carboxylic acids is 1. The molecule has 0 atom stereocenters. The van der Waals surface area contributed by atoms with Crippen LogP contribution in [0.1, 0.15) is 41.8 Å². The topological polar surface area (TPSA) is 85.8 Å². The lowest BCUT2D eigenvalue weighted by molar-refractivity contribution is 0.0943. The van der Waals surface area contributed by atoms with Gasteiger partial charge in [0.05, 0.1) is 0 Å². The number of nitrogens with one attached hydrogen (secondary N) is 1. The fourth-order valence-corrected chi connectivity index (χ4v) is 2.68. The Balaban J connectivity index is 1.74. The van der Waals surface area contributed by atoms with Gasteiger partial charge in [0, 0.05) is 18.2 Å². The van der Waals surface area contributed by atoms with E-state index in [1.807, 2.05) is 38.1 Å². The van der Waals surface area contributed by atoms with E-state index in [2.05, 4.69) is 15.4 Å². The summed E-state index contributed by atoms with van der Waals surface area (Å²) in [5.41, 5.74) is 7.70. The molecule has 27 heavy (non-hydrogen) atoms. The van der Waals surface area contributed by atoms with Crippen LogP contribution in [0.15, 0.2) is 48.5 Å². The van der Waals surface area contributed by atoms with Crippen molar-refractivity contribution in [1.29, 1.82) is 0 Å². The second-order valence-corrected chi connectivity index (χ2v) is 6.56. The highest BCUT2D eigenvalue weighted by Crippen LogP contribution is 2.19. The highest BCUT2D eigenvalue weighted by molar-refractivity contribution is 5.90. The molecular weight excluding hydrogens is 345 g/mol. The Kier molecular flexibility index (Phi) is 5.49. The predicted octanol–water partition coefficient (Wildman–Crippen LogP) is 3.08. The molecule has 0 saturated heterocycles. The number of hydrogen-bond acceptors (Lipinski definition) is 4. The van der Waals surface area contributed by atoms with Gasteiger partial charge in [-0.25, -0.2) is 14.1 Å². The average molecular weight is 367 g/mol. The molecular formula is C20H22FN5O. The fraction of sp³-hybridized carbons (Fsp3) is 0.250. The number of nitrogen functional groups attached to an aromatic ring is 1. The summed E-state index contributed by atoms with van der Waals surface area (Å²) < 4.78 is 15.5. The Morgan fingerprint density at radius 2 is 1.89 bits per heavy atom. The Morgan fingerprint density at radius 3 is 2.56 bits per heavy atom. The summed E-state index contributed by atoms with van der Waals surface area (Å²) in [6, 6.07) is 13.8. The molecule has 0 spiro atoms. The molecule has 3 N–H and O–H groups in total. The highest BCUT2D eigenvalue weighted by Gasteiger charge is 2.20. The summed E-state index contributed by atoms with van der Waals surface area (Å²) in [6.45, 7) is 4.28. The Labute approximate surface area is 157 Å². The molecule has 0 fully saturated rings. The van der Waals surface area contributed by atoms with Crippen LogP contribution in [0, 0.1) is 5.82 Å². The number of aromatic nitrogens is 3. The van der Waals surface area contributed by atoms with Crippen LogP contribution in [-0.4, -0.2) is 27.2 Å². The fourth-order valence-electron chi connectivity index (χ4n) is 2.68. The minimum Gasteiger partial charge on any atom is -0.399 e. The van der Waals surface area contributed by atoms with Crippen molar-refractivity contribution in [3.63, 3.8) is 0 Å². The van der Waals surface area contributed by atoms with Crippen molar-refractivity contribution < 1.29 is 9.18 Å². The summed E-state index contributed by atoms with van der Waals surface area (Å²) in [7, 11) is 0. The van der Waals surface area contributed by atoms with Crippen molar-refractivity contribution in [3.05, 3.63) is 71.6 Å². The minimum absolute atomic E-state index is 0.0200. The first kappa shape index (κ1) is 18.6. The van der Waals surface area contributed by atoms with E-state index in [0.717, 1.165) is 5.56 Å². The summed E-state index contributed by atoms with van der Waals surface area (Å²) in [4.78, 5) is 16.8. The molecule has 0 unspecified atom stereocenters. The molecule has 0 aliphatic carbocycles. The molecule has 7 heteroatoms. The van der Waals surface area contributed by atoms with Gasteiger partial charge >= 0.3 is 0 Å². The number of halogens is 1. The van der Waals surface area contributed by atoms with Crippen LogP contribution in [0.3, 0.4) is 0 Å². The average Bonchev–Trinajstić information content (AvgIpc) is 3.09. The number of benzene rings is 2. The van der Waals surface area contributed by atoms with Crippen LogP contribution >= 0.6 is 0 Å². The van der Waals surface area contributed by atoms with E-state index in [0.29, 0.717) is 24.5 Å². The summed E-state index contributed by atoms with van der Waals surface area (Å²) in [5.74, 6) is -0.265. The number of amides is 1. The van der Waals surface area contributed by atoms with E-state index in [1.54, 1.807) is 18.2 Å². The van der Waals surface area contributed by atoms with Crippen molar-refractivity contribution in [2.75, 3.05) is 12.3 Å². The summed E-state index contributed by atoms with van der Waals surface area (Å²) in [6.07, 6.45) is 0.664. The first-order valence-electron chi connectivity index (χ1n) is 8.80. The van der Waals surface area contributed by atoms with Crippen LogP contribution in [-0.2, 0) is 6.42 Å². The SMILES string of the molecule is CC(C)c1nc(C(=O)NCCc2ccc(N)cc2)nn1-c1ccccc1F. The van der Waals surface area contributed by atoms with E-state index < -0.39 is 5.82 Å². The molecule has 0 saturated carbocycles. The number of nitrogens with zero attached hydrogens (tertiary/aromatic N) is 3. The Morgan fingerprint density at radius 1 is 1.19 bits per heavy atom. The normalized spacial score (nSPS) is 11.0. The molecule has 3 aromatic rings. The van der Waals surface area contributed by atoms with Gasteiger partial charge in [0.25, 0.3) is 5.91 Å². The monoisotopic (exact) mass is 367 g/mol. The highest BCUT2D eigenvalue weighted by atomic mass is 19.1. The first-order chi connectivity index (χ1) is 13.0. The van der Waals surface area contributed by atoms with Crippen LogP contribution < -0.4 is 11.1 Å². The van der Waals surface area contributed by atoms with Gasteiger partial charge in [-0.2, -0.15) is 0 Å². The molecule has 1 heterocycles. The third kappa shape index (κ3) is 4.31. The maximum absolute atomic E-state index is 14.1. The van der Waals surface area contributed by atoms with Crippen LogP contribution in [0.5, 0.6) is 0 Å². The lowest BCUT2D eigenvalue weighted by Crippen LogP contribution is -2.27. The molecule has 140 valence electrons. The quantitative estimate of drug-likeness (QED) is 0.656. The lowest BCUT2D eigenvalue weighted by atomic mass is 10.1. The molecule has 6 nitrogen and oxygen atoms in total. The molecule has 2 aromatic carbocycles. The lowest BCUT2D eigenvalue weighted by Gasteiger charge is -2.08. The van der Waals surface area contributed by atoms with Gasteiger partial charge in [-0.1, -0.05) is 38.1 Å². The zero-order chi connectivity index (χ0) is 19.4. The Bertz CT molecular complexity index is 934. The third-order valence-electron chi connectivity index (χ3n) is 4.11. The maximum Gasteiger partial charge on any atom is 0.290 e. The number of rotatable bonds is 6. The number of anilines is 1. The number of carbonyl (C=O) groups is 1. The van der Waals surface area contributed by atoms with E-state index in [-0.39, 0.29) is 23.3 Å². The van der Waals surface area contributed by atoms with Crippen LogP contribution in [0.4, 0.5) is 10.1 Å². The van der Waals surface area contributed by atoms with E-state index in [1.165, 1.54) is 10.7 Å². The molecule has 0 bridgehead atoms. The molecule has 3 rings (SSSR count). The largest absolute Gasteiger partial charge is 0.399 e. The van der Waals surface area contributed by atoms with Gasteiger partial charge in [-0.15, -0.1) is 5.10 Å². The molecule has 1 aromatic heterocycles. The van der Waals surface area contributed by atoms with E-state index in [9.17, 15) is 9.18 Å². The minimum atomic E-state index is -0.417. The van der Waals surface area contributed by atoms with Gasteiger partial charge in [0.1, 0.15) is 17.3 Å². The summed E-state index contributed by atoms with van der Waals surface area (Å²) in [5, 5.41) is 7.04. The van der Waals surface area contributed by atoms with Crippen LogP contribution in [0.2, 0.25) is 0 Å². The van der Waals surface area contributed by atoms with Crippen molar-refractivity contribution in [2.24, 2.45) is 0 Å². The van der Waals surface area contributed by atoms with Crippen molar-refractivity contribution in [1.82, 2.24) is 20.1 Å². The van der Waals surface area contributed by atoms with E-state index >= 15 is 0 Å². The van der Waals surface area contributed by atoms with Crippen molar-refractivity contribution in [2.45, 2.75) is 26.2 Å². The standard InChI is InChI=1S/C20H22FN5O/c1-13(2)19-24-18(25-26(19)17-6-4-3-5-16(17)21)20(27)23-12-11-14-7-9-15(22)10-8-14/h3-10,13H,11-12,22H2,1-2H3,(H,23,27).